The quantitative estimate of drug-likeness (QED) is 0.366. The topological polar surface area (TPSA) is 92.8 Å². The molecule has 0 spiro atoms. The van der Waals surface area contributed by atoms with E-state index in [1.807, 2.05) is 0 Å². The first-order chi connectivity index (χ1) is 15.4. The van der Waals surface area contributed by atoms with Gasteiger partial charge < -0.3 is 14.5 Å². The second kappa shape index (κ2) is 7.99. The van der Waals surface area contributed by atoms with Gasteiger partial charge >= 0.3 is 6.18 Å². The summed E-state index contributed by atoms with van der Waals surface area (Å²) in [5.41, 5.74) is -2.83. The Kier molecular flexibility index (Phi) is 5.57. The number of halogens is 5. The molecule has 3 aromatic heterocycles. The van der Waals surface area contributed by atoms with Crippen molar-refractivity contribution in [3.05, 3.63) is 53.0 Å². The van der Waals surface area contributed by atoms with Gasteiger partial charge in [-0.05, 0) is 26.0 Å². The van der Waals surface area contributed by atoms with Gasteiger partial charge in [-0.3, -0.25) is 4.68 Å². The summed E-state index contributed by atoms with van der Waals surface area (Å²) in [7, 11) is 0. The molecule has 0 radical (unpaired) electrons. The number of aliphatic hydroxyl groups is 1. The van der Waals surface area contributed by atoms with E-state index in [9.17, 15) is 22.7 Å². The molecule has 2 N–H and O–H groups in total. The number of aromatic amines is 1. The number of rotatable bonds is 5. The van der Waals surface area contributed by atoms with Crippen LogP contribution in [0.15, 0.2) is 35.0 Å². The van der Waals surface area contributed by atoms with Gasteiger partial charge in [0.05, 0.1) is 34.6 Å². The predicted octanol–water partition coefficient (Wildman–Crippen LogP) is 5.49. The van der Waals surface area contributed by atoms with Crippen molar-refractivity contribution in [2.75, 3.05) is 0 Å². The van der Waals surface area contributed by atoms with Gasteiger partial charge in [0, 0.05) is 29.8 Å². The van der Waals surface area contributed by atoms with Gasteiger partial charge in [0.2, 0.25) is 5.89 Å². The number of H-pyrrole nitrogens is 1. The van der Waals surface area contributed by atoms with E-state index >= 15 is 0 Å². The number of benzene rings is 1. The molecular weight excluding hydrogens is 466 g/mol. The summed E-state index contributed by atoms with van der Waals surface area (Å²) in [5.74, 6) is -0.641. The number of nitrogens with zero attached hydrogens (tertiary/aromatic N) is 4. The highest BCUT2D eigenvalue weighted by molar-refractivity contribution is 6.33. The molecule has 4 aromatic rings. The van der Waals surface area contributed by atoms with Crippen LogP contribution in [0.2, 0.25) is 5.02 Å². The fourth-order valence-electron chi connectivity index (χ4n) is 3.56. The summed E-state index contributed by atoms with van der Waals surface area (Å²) in [6, 6.07) is 4.05. The number of aromatic nitrogens is 5. The van der Waals surface area contributed by atoms with Gasteiger partial charge in [-0.1, -0.05) is 17.7 Å². The second-order valence-electron chi connectivity index (χ2n) is 8.05. The smallest absolute Gasteiger partial charge is 0.421 e. The maximum atomic E-state index is 14.7. The largest absolute Gasteiger partial charge is 0.433 e. The van der Waals surface area contributed by atoms with Crippen LogP contribution in [0.25, 0.3) is 33.8 Å². The van der Waals surface area contributed by atoms with E-state index in [0.29, 0.717) is 4.68 Å². The molecule has 0 fully saturated rings. The third-order valence-electron chi connectivity index (χ3n) is 4.77. The van der Waals surface area contributed by atoms with Gasteiger partial charge in [0.1, 0.15) is 5.82 Å². The zero-order chi connectivity index (χ0) is 24.1. The molecule has 0 bridgehead atoms. The van der Waals surface area contributed by atoms with Crippen LogP contribution in [0.3, 0.4) is 0 Å². The molecule has 0 saturated carbocycles. The Bertz CT molecular complexity index is 1300. The van der Waals surface area contributed by atoms with Crippen molar-refractivity contribution in [2.45, 2.75) is 39.1 Å². The molecule has 4 rings (SSSR count). The maximum absolute atomic E-state index is 14.7. The van der Waals surface area contributed by atoms with E-state index in [1.54, 1.807) is 0 Å². The normalized spacial score (nSPS) is 12.5. The number of alkyl halides is 3. The molecule has 3 heterocycles. The third kappa shape index (κ3) is 4.38. The fourth-order valence-corrected chi connectivity index (χ4v) is 3.83. The summed E-state index contributed by atoms with van der Waals surface area (Å²) >= 11 is 6.22. The maximum Gasteiger partial charge on any atom is 0.433 e. The minimum atomic E-state index is -4.82. The van der Waals surface area contributed by atoms with Crippen molar-refractivity contribution >= 4 is 11.6 Å². The molecule has 0 aliphatic heterocycles. The van der Waals surface area contributed by atoms with Crippen molar-refractivity contribution in [2.24, 2.45) is 0 Å². The molecular formula is C21H18ClF4N5O2. The predicted molar refractivity (Wildman–Crippen MR) is 112 cm³/mol. The third-order valence-corrected chi connectivity index (χ3v) is 5.08. The summed E-state index contributed by atoms with van der Waals surface area (Å²) in [5, 5.41) is 21.6. The molecule has 33 heavy (non-hydrogen) atoms. The molecule has 0 aliphatic carbocycles. The standard InChI is InChI=1S/C21H18ClF4N5O2/c1-10-29-30-19(33-10)16-11(15-13(22)5-4-6-14(15)23)7-27-17(16)12-8-28-31(9-20(2,3)32)18(12)21(24,25)26/h4-8,27,32H,9H2,1-3H3. The van der Waals surface area contributed by atoms with Crippen LogP contribution in [0.5, 0.6) is 0 Å². The number of nitrogens with one attached hydrogen (secondary N) is 1. The summed E-state index contributed by atoms with van der Waals surface area (Å²) in [6.45, 7) is 3.84. The Hall–Kier alpha value is -3.18. The van der Waals surface area contributed by atoms with Crippen LogP contribution in [-0.4, -0.2) is 35.7 Å². The highest BCUT2D eigenvalue weighted by atomic mass is 35.5. The number of aryl methyl sites for hydroxylation is 1. The van der Waals surface area contributed by atoms with Crippen LogP contribution in [0.4, 0.5) is 17.6 Å². The average Bonchev–Trinajstić information content (AvgIpc) is 3.37. The first-order valence-corrected chi connectivity index (χ1v) is 10.1. The molecule has 0 unspecified atom stereocenters. The Morgan fingerprint density at radius 2 is 1.88 bits per heavy atom. The summed E-state index contributed by atoms with van der Waals surface area (Å²) in [6.07, 6.45) is -2.48. The fraction of sp³-hybridized carbons (Fsp3) is 0.286. The van der Waals surface area contributed by atoms with Crippen LogP contribution in [-0.2, 0) is 12.7 Å². The zero-order valence-corrected chi connectivity index (χ0v) is 18.4. The van der Waals surface area contributed by atoms with Crippen LogP contribution in [0.1, 0.15) is 25.4 Å². The Morgan fingerprint density at radius 3 is 2.45 bits per heavy atom. The Labute approximate surface area is 190 Å². The van der Waals surface area contributed by atoms with Gasteiger partial charge in [-0.15, -0.1) is 10.2 Å². The lowest BCUT2D eigenvalue weighted by atomic mass is 9.99. The lowest BCUT2D eigenvalue weighted by Crippen LogP contribution is -2.29. The lowest BCUT2D eigenvalue weighted by molar-refractivity contribution is -0.144. The van der Waals surface area contributed by atoms with Crippen molar-refractivity contribution in [1.29, 1.82) is 0 Å². The van der Waals surface area contributed by atoms with Crippen molar-refractivity contribution < 1.29 is 27.1 Å². The number of hydrogen-bond acceptors (Lipinski definition) is 5. The zero-order valence-electron chi connectivity index (χ0n) is 17.6. The van der Waals surface area contributed by atoms with Crippen molar-refractivity contribution in [3.63, 3.8) is 0 Å². The molecule has 174 valence electrons. The van der Waals surface area contributed by atoms with E-state index in [4.69, 9.17) is 16.0 Å². The molecule has 7 nitrogen and oxygen atoms in total. The molecule has 0 amide bonds. The van der Waals surface area contributed by atoms with Crippen molar-refractivity contribution in [3.8, 4) is 33.8 Å². The van der Waals surface area contributed by atoms with E-state index < -0.39 is 29.8 Å². The van der Waals surface area contributed by atoms with Gasteiger partial charge in [0.15, 0.2) is 5.69 Å². The van der Waals surface area contributed by atoms with Crippen LogP contribution in [0, 0.1) is 12.7 Å². The summed E-state index contributed by atoms with van der Waals surface area (Å²) in [4.78, 5) is 2.77. The molecule has 0 atom stereocenters. The van der Waals surface area contributed by atoms with E-state index in [0.717, 1.165) is 6.20 Å². The van der Waals surface area contributed by atoms with E-state index in [-0.39, 0.29) is 44.8 Å². The Morgan fingerprint density at radius 1 is 1.15 bits per heavy atom. The highest BCUT2D eigenvalue weighted by Crippen LogP contribution is 2.45. The van der Waals surface area contributed by atoms with Crippen LogP contribution < -0.4 is 0 Å². The van der Waals surface area contributed by atoms with Crippen molar-refractivity contribution in [1.82, 2.24) is 25.0 Å². The molecule has 0 aliphatic rings. The lowest BCUT2D eigenvalue weighted by Gasteiger charge is -2.20. The van der Waals surface area contributed by atoms with Gasteiger partial charge in [0.25, 0.3) is 5.89 Å². The van der Waals surface area contributed by atoms with Gasteiger partial charge in [-0.2, -0.15) is 18.3 Å². The number of hydrogen-bond donors (Lipinski definition) is 2. The van der Waals surface area contributed by atoms with E-state index in [2.05, 4.69) is 20.3 Å². The second-order valence-corrected chi connectivity index (χ2v) is 8.46. The Balaban J connectivity index is 2.02. The SMILES string of the molecule is Cc1nnc(-c2c(-c3c(F)cccc3Cl)c[nH]c2-c2cnn(CC(C)(C)O)c2C(F)(F)F)o1. The monoisotopic (exact) mass is 483 g/mol. The highest BCUT2D eigenvalue weighted by Gasteiger charge is 2.41. The van der Waals surface area contributed by atoms with E-state index in [1.165, 1.54) is 45.2 Å². The first kappa shape index (κ1) is 23.0. The molecule has 0 saturated heterocycles. The summed E-state index contributed by atoms with van der Waals surface area (Å²) < 4.78 is 63.2. The van der Waals surface area contributed by atoms with Gasteiger partial charge in [-0.25, -0.2) is 4.39 Å². The average molecular weight is 484 g/mol. The van der Waals surface area contributed by atoms with Crippen LogP contribution >= 0.6 is 11.6 Å². The minimum absolute atomic E-state index is 0.0371. The molecule has 12 heteroatoms. The minimum Gasteiger partial charge on any atom is -0.421 e. The molecule has 1 aromatic carbocycles. The first-order valence-electron chi connectivity index (χ1n) is 9.69.